The molecule has 0 aromatic heterocycles. The lowest BCUT2D eigenvalue weighted by Crippen LogP contribution is -2.30. The van der Waals surface area contributed by atoms with Crippen LogP contribution in [0, 0.1) is 17.8 Å². The van der Waals surface area contributed by atoms with Gasteiger partial charge in [0.05, 0.1) is 26.4 Å². The fourth-order valence-corrected chi connectivity index (χ4v) is 11.6. The van der Waals surface area contributed by atoms with E-state index in [2.05, 4.69) is 48.5 Å². The lowest BCUT2D eigenvalue weighted by Gasteiger charge is -2.21. The van der Waals surface area contributed by atoms with Crippen molar-refractivity contribution in [1.82, 2.24) is 0 Å². The fourth-order valence-electron chi connectivity index (χ4n) is 9.98. The molecule has 17 nitrogen and oxygen atoms in total. The number of rotatable bonds is 65. The van der Waals surface area contributed by atoms with E-state index in [1.165, 1.54) is 135 Å². The molecule has 510 valence electrons. The van der Waals surface area contributed by atoms with Crippen LogP contribution in [0.15, 0.2) is 0 Å². The Kier molecular flexibility index (Phi) is 56.9. The minimum Gasteiger partial charge on any atom is -0.462 e. The highest BCUT2D eigenvalue weighted by Crippen LogP contribution is 2.45. The van der Waals surface area contributed by atoms with Crippen molar-refractivity contribution in [2.75, 3.05) is 39.6 Å². The predicted octanol–water partition coefficient (Wildman–Crippen LogP) is 18.7. The first kappa shape index (κ1) is 84.1. The molecule has 0 heterocycles. The van der Waals surface area contributed by atoms with E-state index >= 15 is 0 Å². The number of unbranched alkanes of at least 4 members (excludes halogenated alkanes) is 32. The Bertz CT molecular complexity index is 1700. The number of esters is 4. The Balaban J connectivity index is 5.23. The fraction of sp³-hybridized carbons (Fsp3) is 0.940. The van der Waals surface area contributed by atoms with E-state index in [0.29, 0.717) is 31.6 Å². The third-order valence-electron chi connectivity index (χ3n) is 15.7. The van der Waals surface area contributed by atoms with Gasteiger partial charge in [-0.1, -0.05) is 280 Å². The van der Waals surface area contributed by atoms with Gasteiger partial charge in [-0.25, -0.2) is 9.13 Å². The first-order valence-corrected chi connectivity index (χ1v) is 37.9. The molecule has 0 aliphatic carbocycles. The van der Waals surface area contributed by atoms with Gasteiger partial charge >= 0.3 is 39.5 Å². The SMILES string of the molecule is CCCCCCCCCCC(=O)OC[C@H](COP(=O)(O)OC[C@H](O)COP(=O)(O)OC[C@@H](COC(=O)CCCCCCCCCCC(C)CC)OC(=O)CCCCCCCCCCCCCCCC(C)C)OC(=O)CCCCCCCCCC(C)C. The number of phosphoric ester groups is 2. The lowest BCUT2D eigenvalue weighted by atomic mass is 9.99. The van der Waals surface area contributed by atoms with Gasteiger partial charge in [-0.15, -0.1) is 0 Å². The van der Waals surface area contributed by atoms with Gasteiger partial charge in [-0.2, -0.15) is 0 Å². The van der Waals surface area contributed by atoms with Crippen LogP contribution in [0.3, 0.4) is 0 Å². The number of hydrogen-bond acceptors (Lipinski definition) is 15. The minimum absolute atomic E-state index is 0.103. The van der Waals surface area contributed by atoms with Crippen molar-refractivity contribution in [3.8, 4) is 0 Å². The third kappa shape index (κ3) is 59.7. The van der Waals surface area contributed by atoms with E-state index in [9.17, 15) is 43.2 Å². The van der Waals surface area contributed by atoms with Gasteiger partial charge in [0, 0.05) is 25.7 Å². The molecule has 0 aromatic rings. The Morgan fingerprint density at radius 2 is 0.593 bits per heavy atom. The van der Waals surface area contributed by atoms with Gasteiger partial charge in [-0.05, 0) is 43.4 Å². The number of ether oxygens (including phenoxy) is 4. The van der Waals surface area contributed by atoms with E-state index in [4.69, 9.17) is 37.0 Å². The molecule has 0 radical (unpaired) electrons. The van der Waals surface area contributed by atoms with Crippen LogP contribution in [-0.4, -0.2) is 96.7 Å². The smallest absolute Gasteiger partial charge is 0.462 e. The maximum Gasteiger partial charge on any atom is 0.472 e. The molecule has 0 aliphatic heterocycles. The van der Waals surface area contributed by atoms with Crippen molar-refractivity contribution >= 4 is 39.5 Å². The molecule has 0 fully saturated rings. The molecule has 0 rings (SSSR count). The van der Waals surface area contributed by atoms with Gasteiger partial charge in [0.25, 0.3) is 0 Å². The number of hydrogen-bond donors (Lipinski definition) is 3. The van der Waals surface area contributed by atoms with Crippen molar-refractivity contribution in [2.24, 2.45) is 17.8 Å². The molecule has 0 saturated carbocycles. The minimum atomic E-state index is -4.95. The van der Waals surface area contributed by atoms with Gasteiger partial charge in [0.2, 0.25) is 0 Å². The summed E-state index contributed by atoms with van der Waals surface area (Å²) >= 11 is 0. The maximum absolute atomic E-state index is 13.0. The summed E-state index contributed by atoms with van der Waals surface area (Å²) in [6.45, 7) is 11.8. The highest BCUT2D eigenvalue weighted by atomic mass is 31.2. The third-order valence-corrected chi connectivity index (χ3v) is 17.6. The molecule has 0 saturated heterocycles. The van der Waals surface area contributed by atoms with E-state index in [-0.39, 0.29) is 25.7 Å². The number of carbonyl (C=O) groups excluding carboxylic acids is 4. The summed E-state index contributed by atoms with van der Waals surface area (Å²) in [7, 11) is -9.89. The molecule has 19 heteroatoms. The quantitative estimate of drug-likeness (QED) is 0.0222. The van der Waals surface area contributed by atoms with E-state index < -0.39 is 97.5 Å². The van der Waals surface area contributed by atoms with Crippen molar-refractivity contribution in [2.45, 2.75) is 349 Å². The Morgan fingerprint density at radius 1 is 0.337 bits per heavy atom. The second-order valence-electron chi connectivity index (χ2n) is 25.4. The predicted molar refractivity (Wildman–Crippen MR) is 344 cm³/mol. The van der Waals surface area contributed by atoms with Crippen molar-refractivity contribution in [3.05, 3.63) is 0 Å². The Morgan fingerprint density at radius 3 is 0.884 bits per heavy atom. The van der Waals surface area contributed by atoms with Crippen LogP contribution in [0.1, 0.15) is 331 Å². The number of aliphatic hydroxyl groups is 1. The summed E-state index contributed by atoms with van der Waals surface area (Å²) in [6, 6.07) is 0. The second-order valence-corrected chi connectivity index (χ2v) is 28.3. The monoisotopic (exact) mass is 1270 g/mol. The van der Waals surface area contributed by atoms with Crippen molar-refractivity contribution < 1.29 is 80.2 Å². The summed E-state index contributed by atoms with van der Waals surface area (Å²) in [5.41, 5.74) is 0. The molecular formula is C67H130O17P2. The second kappa shape index (κ2) is 58.2. The molecule has 6 atom stereocenters. The Labute approximate surface area is 524 Å². The molecule has 0 aliphatic rings. The van der Waals surface area contributed by atoms with Crippen LogP contribution in [0.2, 0.25) is 0 Å². The zero-order chi connectivity index (χ0) is 63.8. The molecule has 3 N–H and O–H groups in total. The molecule has 0 bridgehead atoms. The molecule has 0 spiro atoms. The maximum atomic E-state index is 13.0. The summed E-state index contributed by atoms with van der Waals surface area (Å²) < 4.78 is 68.1. The summed E-state index contributed by atoms with van der Waals surface area (Å²) in [4.78, 5) is 72.3. The largest absolute Gasteiger partial charge is 0.472 e. The zero-order valence-corrected chi connectivity index (χ0v) is 57.6. The average Bonchev–Trinajstić information content (AvgIpc) is 3.60. The molecule has 3 unspecified atom stereocenters. The first-order chi connectivity index (χ1) is 41.3. The van der Waals surface area contributed by atoms with E-state index in [1.54, 1.807) is 0 Å². The Hall–Kier alpha value is -1.94. The van der Waals surface area contributed by atoms with Gasteiger partial charge in [0.15, 0.2) is 12.2 Å². The first-order valence-electron chi connectivity index (χ1n) is 34.9. The molecular weight excluding hydrogens is 1140 g/mol. The van der Waals surface area contributed by atoms with Gasteiger partial charge in [-0.3, -0.25) is 37.3 Å². The normalized spacial score (nSPS) is 14.6. The highest BCUT2D eigenvalue weighted by Gasteiger charge is 2.30. The number of carbonyl (C=O) groups is 4. The summed E-state index contributed by atoms with van der Waals surface area (Å²) in [5, 5.41) is 10.6. The standard InChI is InChI=1S/C67H130O17P2/c1-8-10-11-12-13-27-34-41-48-64(69)77-54-63(84-67(72)51-44-37-30-23-25-32-39-46-59(5)6)57-82-86(75,76)80-53-61(68)52-79-85(73,74)81-56-62(55-78-65(70)49-42-35-28-22-21-26-33-40-47-60(7)9-2)83-66(71)50-43-36-29-20-18-16-14-15-17-19-24-31-38-45-58(3)4/h58-63,68H,8-57H2,1-7H3,(H,73,74)(H,75,76)/t60?,61-,62-,63-/m1/s1. The number of aliphatic hydroxyl groups excluding tert-OH is 1. The zero-order valence-electron chi connectivity index (χ0n) is 55.8. The average molecular weight is 1270 g/mol. The van der Waals surface area contributed by atoms with Crippen LogP contribution in [-0.2, 0) is 65.4 Å². The lowest BCUT2D eigenvalue weighted by molar-refractivity contribution is -0.161. The number of phosphoric acid groups is 2. The summed E-state index contributed by atoms with van der Waals surface area (Å²) in [6.07, 6.45) is 40.4. The van der Waals surface area contributed by atoms with Crippen LogP contribution < -0.4 is 0 Å². The van der Waals surface area contributed by atoms with Gasteiger partial charge < -0.3 is 33.8 Å². The molecule has 86 heavy (non-hydrogen) atoms. The van der Waals surface area contributed by atoms with E-state index in [0.717, 1.165) is 108 Å². The molecule has 0 amide bonds. The van der Waals surface area contributed by atoms with Crippen LogP contribution in [0.5, 0.6) is 0 Å². The summed E-state index contributed by atoms with van der Waals surface area (Å²) in [5.74, 6) is 0.125. The van der Waals surface area contributed by atoms with Gasteiger partial charge in [0.1, 0.15) is 19.3 Å². The van der Waals surface area contributed by atoms with Crippen LogP contribution in [0.25, 0.3) is 0 Å². The van der Waals surface area contributed by atoms with Crippen molar-refractivity contribution in [1.29, 1.82) is 0 Å². The topological polar surface area (TPSA) is 237 Å². The van der Waals surface area contributed by atoms with Crippen LogP contribution in [0.4, 0.5) is 0 Å². The highest BCUT2D eigenvalue weighted by molar-refractivity contribution is 7.47. The van der Waals surface area contributed by atoms with Crippen molar-refractivity contribution in [3.63, 3.8) is 0 Å². The van der Waals surface area contributed by atoms with Crippen LogP contribution >= 0.6 is 15.6 Å². The molecule has 0 aromatic carbocycles. The van der Waals surface area contributed by atoms with E-state index in [1.807, 2.05) is 0 Å².